The molecule has 1 aromatic heterocycles. The molecule has 130 valence electrons. The third-order valence-electron chi connectivity index (χ3n) is 3.44. The number of carbonyl (C=O) groups excluding carboxylic acids is 1. The second kappa shape index (κ2) is 7.27. The average molecular weight is 359 g/mol. The molecule has 2 N–H and O–H groups in total. The van der Waals surface area contributed by atoms with Gasteiger partial charge in [0.05, 0.1) is 31.5 Å². The summed E-state index contributed by atoms with van der Waals surface area (Å²) in [6, 6.07) is 10.3. The minimum atomic E-state index is -0.383. The number of rotatable bonds is 5. The van der Waals surface area contributed by atoms with Gasteiger partial charge in [0, 0.05) is 23.9 Å². The number of hydrogen-bond acceptors (Lipinski definition) is 6. The Hall–Kier alpha value is -3.00. The van der Waals surface area contributed by atoms with E-state index in [4.69, 9.17) is 14.2 Å². The van der Waals surface area contributed by atoms with Crippen molar-refractivity contribution in [3.8, 4) is 17.2 Å². The highest BCUT2D eigenvalue weighted by Gasteiger charge is 2.12. The van der Waals surface area contributed by atoms with Gasteiger partial charge < -0.3 is 19.5 Å². The van der Waals surface area contributed by atoms with E-state index < -0.39 is 0 Å². The van der Waals surface area contributed by atoms with E-state index in [1.165, 1.54) is 11.3 Å². The molecule has 0 spiro atoms. The first kappa shape index (κ1) is 16.8. The zero-order valence-corrected chi connectivity index (χ0v) is 14.8. The normalized spacial score (nSPS) is 10.4. The fourth-order valence-electron chi connectivity index (χ4n) is 2.27. The zero-order chi connectivity index (χ0) is 17.8. The number of urea groups is 1. The van der Waals surface area contributed by atoms with Crippen molar-refractivity contribution >= 4 is 38.4 Å². The number of nitrogens with one attached hydrogen (secondary N) is 2. The molecule has 0 saturated heterocycles. The van der Waals surface area contributed by atoms with E-state index >= 15 is 0 Å². The van der Waals surface area contributed by atoms with Gasteiger partial charge in [0.2, 0.25) is 0 Å². The highest BCUT2D eigenvalue weighted by atomic mass is 32.1. The van der Waals surface area contributed by atoms with Crippen LogP contribution in [-0.4, -0.2) is 32.3 Å². The molecule has 0 aliphatic rings. The molecule has 0 aliphatic carbocycles. The van der Waals surface area contributed by atoms with Crippen LogP contribution >= 0.6 is 11.3 Å². The van der Waals surface area contributed by atoms with E-state index in [1.54, 1.807) is 51.7 Å². The fourth-order valence-corrected chi connectivity index (χ4v) is 3.14. The standard InChI is InChI=1S/C17H17N3O4S/c1-22-11-6-4-5-10(7-11)18-16(21)20-17-19-12-8-13(23-2)14(24-3)9-15(12)25-17/h4-9H,1-3H3,(H2,18,19,20,21). The van der Waals surface area contributed by atoms with Crippen molar-refractivity contribution in [2.24, 2.45) is 0 Å². The molecule has 2 amide bonds. The van der Waals surface area contributed by atoms with Crippen LogP contribution in [0.2, 0.25) is 0 Å². The van der Waals surface area contributed by atoms with Crippen molar-refractivity contribution in [1.82, 2.24) is 4.98 Å². The second-order valence-corrected chi connectivity index (χ2v) is 6.04. The lowest BCUT2D eigenvalue weighted by molar-refractivity contribution is 0.262. The maximum Gasteiger partial charge on any atom is 0.325 e. The van der Waals surface area contributed by atoms with E-state index in [9.17, 15) is 4.79 Å². The lowest BCUT2D eigenvalue weighted by Crippen LogP contribution is -2.19. The highest BCUT2D eigenvalue weighted by molar-refractivity contribution is 7.22. The molecule has 0 fully saturated rings. The van der Waals surface area contributed by atoms with Crippen LogP contribution < -0.4 is 24.8 Å². The van der Waals surface area contributed by atoms with Crippen LogP contribution in [-0.2, 0) is 0 Å². The van der Waals surface area contributed by atoms with Gasteiger partial charge >= 0.3 is 6.03 Å². The minimum absolute atomic E-state index is 0.383. The number of hydrogen-bond donors (Lipinski definition) is 2. The predicted molar refractivity (Wildman–Crippen MR) is 98.4 cm³/mol. The number of methoxy groups -OCH3 is 3. The summed E-state index contributed by atoms with van der Waals surface area (Å²) in [5.74, 6) is 1.87. The van der Waals surface area contributed by atoms with E-state index in [0.717, 1.165) is 10.2 Å². The van der Waals surface area contributed by atoms with Crippen molar-refractivity contribution in [2.45, 2.75) is 0 Å². The number of benzene rings is 2. The van der Waals surface area contributed by atoms with Crippen LogP contribution in [0, 0.1) is 0 Å². The Morgan fingerprint density at radius 3 is 2.48 bits per heavy atom. The van der Waals surface area contributed by atoms with Gasteiger partial charge in [0.25, 0.3) is 0 Å². The number of thiazole rings is 1. The van der Waals surface area contributed by atoms with Crippen molar-refractivity contribution in [3.63, 3.8) is 0 Å². The number of amides is 2. The maximum absolute atomic E-state index is 12.2. The quantitative estimate of drug-likeness (QED) is 0.720. The first-order valence-electron chi connectivity index (χ1n) is 7.37. The molecule has 8 heteroatoms. The molecule has 3 aromatic rings. The topological polar surface area (TPSA) is 81.7 Å². The summed E-state index contributed by atoms with van der Waals surface area (Å²) in [5, 5.41) is 5.95. The van der Waals surface area contributed by atoms with Gasteiger partial charge in [0.15, 0.2) is 16.6 Å². The lowest BCUT2D eigenvalue weighted by Gasteiger charge is -2.06. The molecule has 0 aliphatic heterocycles. The molecule has 1 heterocycles. The molecule has 0 bridgehead atoms. The minimum Gasteiger partial charge on any atom is -0.497 e. The fraction of sp³-hybridized carbons (Fsp3) is 0.176. The Kier molecular flexibility index (Phi) is 4.90. The third-order valence-corrected chi connectivity index (χ3v) is 4.38. The van der Waals surface area contributed by atoms with Gasteiger partial charge in [-0.15, -0.1) is 0 Å². The molecule has 0 unspecified atom stereocenters. The van der Waals surface area contributed by atoms with Gasteiger partial charge in [-0.3, -0.25) is 5.32 Å². The largest absolute Gasteiger partial charge is 0.497 e. The van der Waals surface area contributed by atoms with Gasteiger partial charge in [-0.1, -0.05) is 17.4 Å². The summed E-state index contributed by atoms with van der Waals surface area (Å²) in [6.07, 6.45) is 0. The van der Waals surface area contributed by atoms with Crippen LogP contribution in [0.5, 0.6) is 17.2 Å². The molecular formula is C17H17N3O4S. The average Bonchev–Trinajstić information content (AvgIpc) is 3.01. The molecule has 2 aromatic carbocycles. The summed E-state index contributed by atoms with van der Waals surface area (Å²) in [5.41, 5.74) is 1.35. The summed E-state index contributed by atoms with van der Waals surface area (Å²) >= 11 is 1.35. The Balaban J connectivity index is 1.76. The Bertz CT molecular complexity index is 869. The Labute approximate surface area is 148 Å². The van der Waals surface area contributed by atoms with E-state index in [1.807, 2.05) is 6.07 Å². The number of anilines is 2. The molecule has 0 saturated carbocycles. The summed E-state index contributed by atoms with van der Waals surface area (Å²) in [6.45, 7) is 0. The van der Waals surface area contributed by atoms with E-state index in [2.05, 4.69) is 15.6 Å². The molecule has 0 atom stereocenters. The maximum atomic E-state index is 12.2. The number of nitrogens with zero attached hydrogens (tertiary/aromatic N) is 1. The number of ether oxygens (including phenoxy) is 3. The first-order chi connectivity index (χ1) is 12.1. The third kappa shape index (κ3) is 3.74. The highest BCUT2D eigenvalue weighted by Crippen LogP contribution is 2.36. The summed E-state index contributed by atoms with van der Waals surface area (Å²) in [4.78, 5) is 16.6. The van der Waals surface area contributed by atoms with E-state index in [-0.39, 0.29) is 6.03 Å². The monoisotopic (exact) mass is 359 g/mol. The zero-order valence-electron chi connectivity index (χ0n) is 14.0. The van der Waals surface area contributed by atoms with Crippen LogP contribution in [0.15, 0.2) is 36.4 Å². The van der Waals surface area contributed by atoms with Gasteiger partial charge in [-0.25, -0.2) is 9.78 Å². The summed E-state index contributed by atoms with van der Waals surface area (Å²) in [7, 11) is 4.71. The number of fused-ring (bicyclic) bond motifs is 1. The predicted octanol–water partition coefficient (Wildman–Crippen LogP) is 3.97. The van der Waals surface area contributed by atoms with Gasteiger partial charge in [0.1, 0.15) is 5.75 Å². The number of aromatic nitrogens is 1. The molecule has 25 heavy (non-hydrogen) atoms. The summed E-state index contributed by atoms with van der Waals surface area (Å²) < 4.78 is 16.6. The smallest absolute Gasteiger partial charge is 0.325 e. The molecule has 0 radical (unpaired) electrons. The van der Waals surface area contributed by atoms with Crippen LogP contribution in [0.3, 0.4) is 0 Å². The second-order valence-electron chi connectivity index (χ2n) is 5.01. The van der Waals surface area contributed by atoms with Crippen LogP contribution in [0.1, 0.15) is 0 Å². The van der Waals surface area contributed by atoms with Gasteiger partial charge in [-0.2, -0.15) is 0 Å². The van der Waals surface area contributed by atoms with Crippen molar-refractivity contribution < 1.29 is 19.0 Å². The van der Waals surface area contributed by atoms with Crippen molar-refractivity contribution in [1.29, 1.82) is 0 Å². The van der Waals surface area contributed by atoms with Crippen molar-refractivity contribution in [2.75, 3.05) is 32.0 Å². The molecule has 7 nitrogen and oxygen atoms in total. The Morgan fingerprint density at radius 1 is 1.00 bits per heavy atom. The van der Waals surface area contributed by atoms with E-state index in [0.29, 0.717) is 28.1 Å². The molecular weight excluding hydrogens is 342 g/mol. The Morgan fingerprint density at radius 2 is 1.76 bits per heavy atom. The van der Waals surface area contributed by atoms with Crippen LogP contribution in [0.25, 0.3) is 10.2 Å². The lowest BCUT2D eigenvalue weighted by atomic mass is 10.3. The number of carbonyl (C=O) groups is 1. The van der Waals surface area contributed by atoms with Crippen molar-refractivity contribution in [3.05, 3.63) is 36.4 Å². The van der Waals surface area contributed by atoms with Crippen LogP contribution in [0.4, 0.5) is 15.6 Å². The van der Waals surface area contributed by atoms with Gasteiger partial charge in [-0.05, 0) is 12.1 Å². The SMILES string of the molecule is COc1cccc(NC(=O)Nc2nc3cc(OC)c(OC)cc3s2)c1. The molecule has 3 rings (SSSR count). The first-order valence-corrected chi connectivity index (χ1v) is 8.19.